The Kier molecular flexibility index (Phi) is 5.88. The van der Waals surface area contributed by atoms with E-state index in [2.05, 4.69) is 5.32 Å². The van der Waals surface area contributed by atoms with Gasteiger partial charge in [-0.25, -0.2) is 4.79 Å². The molecule has 1 amide bonds. The fourth-order valence-electron chi connectivity index (χ4n) is 2.98. The van der Waals surface area contributed by atoms with Gasteiger partial charge in [-0.1, -0.05) is 42.5 Å². The molecule has 0 spiro atoms. The maximum absolute atomic E-state index is 12.4. The van der Waals surface area contributed by atoms with Gasteiger partial charge in [-0.15, -0.1) is 0 Å². The Hall–Kier alpha value is -3.12. The molecule has 1 aromatic heterocycles. The largest absolute Gasteiger partial charge is 0.465 e. The van der Waals surface area contributed by atoms with Gasteiger partial charge in [0.05, 0.1) is 19.3 Å². The third-order valence-electron chi connectivity index (χ3n) is 4.33. The zero-order valence-corrected chi connectivity index (χ0v) is 15.4. The first kappa shape index (κ1) is 18.7. The molecule has 27 heavy (non-hydrogen) atoms. The maximum Gasteiger partial charge on any atom is 0.340 e. The summed E-state index contributed by atoms with van der Waals surface area (Å²) in [7, 11) is 3.00. The third-order valence-corrected chi connectivity index (χ3v) is 4.33. The smallest absolute Gasteiger partial charge is 0.340 e. The highest BCUT2D eigenvalue weighted by atomic mass is 16.5. The van der Waals surface area contributed by atoms with E-state index < -0.39 is 5.97 Å². The number of nitrogens with one attached hydrogen (secondary N) is 1. The summed E-state index contributed by atoms with van der Waals surface area (Å²) in [5, 5.41) is 3.68. The van der Waals surface area contributed by atoms with Crippen molar-refractivity contribution in [3.8, 4) is 0 Å². The molecule has 0 fully saturated rings. The number of carbonyl (C=O) groups is 2. The van der Waals surface area contributed by atoms with Crippen LogP contribution in [0.4, 0.5) is 0 Å². The number of amides is 1. The van der Waals surface area contributed by atoms with Gasteiger partial charge in [-0.2, -0.15) is 0 Å². The van der Waals surface area contributed by atoms with Gasteiger partial charge in [0, 0.05) is 30.8 Å². The van der Waals surface area contributed by atoms with Gasteiger partial charge in [-0.3, -0.25) is 4.79 Å². The molecule has 0 bridgehead atoms. The van der Waals surface area contributed by atoms with Crippen molar-refractivity contribution in [3.05, 3.63) is 71.4 Å². The van der Waals surface area contributed by atoms with Crippen molar-refractivity contribution in [3.63, 3.8) is 0 Å². The summed E-state index contributed by atoms with van der Waals surface area (Å²) in [6.07, 6.45) is 1.66. The molecule has 0 aliphatic heterocycles. The molecule has 0 unspecified atom stereocenters. The second kappa shape index (κ2) is 8.51. The van der Waals surface area contributed by atoms with Crippen LogP contribution in [0.2, 0.25) is 0 Å². The average Bonchev–Trinajstić information content (AvgIpc) is 3.06. The first-order chi connectivity index (χ1) is 13.1. The van der Waals surface area contributed by atoms with Crippen molar-refractivity contribution in [2.24, 2.45) is 0 Å². The lowest BCUT2D eigenvalue weighted by atomic mass is 10.1. The van der Waals surface area contributed by atoms with E-state index in [1.807, 2.05) is 48.5 Å². The number of esters is 1. The number of aromatic nitrogens is 1. The number of carbonyl (C=O) groups excluding carboxylic acids is 2. The molecule has 2 aromatic carbocycles. The molecule has 6 heteroatoms. The number of para-hydroxylation sites is 1. The van der Waals surface area contributed by atoms with E-state index in [0.717, 1.165) is 22.0 Å². The SMILES string of the molecule is COCc1ccc(CNC(=O)Cn2cc(C(=O)OC)c3ccccc32)cc1. The van der Waals surface area contributed by atoms with E-state index in [0.29, 0.717) is 18.7 Å². The number of ether oxygens (including phenoxy) is 2. The molecule has 0 radical (unpaired) electrons. The highest BCUT2D eigenvalue weighted by Crippen LogP contribution is 2.22. The second-order valence-corrected chi connectivity index (χ2v) is 6.21. The lowest BCUT2D eigenvalue weighted by molar-refractivity contribution is -0.121. The standard InChI is InChI=1S/C21H22N2O4/c1-26-14-16-9-7-15(8-10-16)11-22-20(24)13-23-12-18(21(25)27-2)17-5-3-4-6-19(17)23/h3-10,12H,11,13-14H2,1-2H3,(H,22,24). The van der Waals surface area contributed by atoms with Gasteiger partial charge in [0.2, 0.25) is 5.91 Å². The van der Waals surface area contributed by atoms with Crippen molar-refractivity contribution in [2.45, 2.75) is 19.7 Å². The summed E-state index contributed by atoms with van der Waals surface area (Å²) >= 11 is 0. The minimum absolute atomic E-state index is 0.124. The van der Waals surface area contributed by atoms with Gasteiger partial charge in [-0.05, 0) is 17.2 Å². The topological polar surface area (TPSA) is 69.6 Å². The number of fused-ring (bicyclic) bond motifs is 1. The molecular formula is C21H22N2O4. The van der Waals surface area contributed by atoms with E-state index in [1.165, 1.54) is 7.11 Å². The summed E-state index contributed by atoms with van der Waals surface area (Å²) in [5.74, 6) is -0.547. The van der Waals surface area contributed by atoms with Crippen molar-refractivity contribution in [1.29, 1.82) is 0 Å². The highest BCUT2D eigenvalue weighted by molar-refractivity contribution is 6.04. The molecule has 3 aromatic rings. The minimum Gasteiger partial charge on any atom is -0.465 e. The van der Waals surface area contributed by atoms with Gasteiger partial charge >= 0.3 is 5.97 Å². The van der Waals surface area contributed by atoms with E-state index in [-0.39, 0.29) is 12.5 Å². The Morgan fingerprint density at radius 3 is 2.41 bits per heavy atom. The fourth-order valence-corrected chi connectivity index (χ4v) is 2.98. The van der Waals surface area contributed by atoms with Crippen LogP contribution in [-0.2, 0) is 34.0 Å². The molecular weight excluding hydrogens is 344 g/mol. The molecule has 6 nitrogen and oxygen atoms in total. The predicted octanol–water partition coefficient (Wildman–Crippen LogP) is 2.89. The number of methoxy groups -OCH3 is 2. The van der Waals surface area contributed by atoms with Crippen molar-refractivity contribution >= 4 is 22.8 Å². The van der Waals surface area contributed by atoms with Crippen LogP contribution in [0.25, 0.3) is 10.9 Å². The number of rotatable bonds is 7. The molecule has 1 N–H and O–H groups in total. The van der Waals surface area contributed by atoms with Gasteiger partial charge in [0.1, 0.15) is 6.54 Å². The molecule has 3 rings (SSSR count). The fraction of sp³-hybridized carbons (Fsp3) is 0.238. The van der Waals surface area contributed by atoms with Crippen LogP contribution < -0.4 is 5.32 Å². The molecule has 140 valence electrons. The summed E-state index contributed by atoms with van der Waals surface area (Å²) in [5.41, 5.74) is 3.36. The average molecular weight is 366 g/mol. The van der Waals surface area contributed by atoms with E-state index in [9.17, 15) is 9.59 Å². The molecule has 1 heterocycles. The van der Waals surface area contributed by atoms with Crippen LogP contribution in [0, 0.1) is 0 Å². The van der Waals surface area contributed by atoms with Crippen LogP contribution in [0.1, 0.15) is 21.5 Å². The Morgan fingerprint density at radius 2 is 1.70 bits per heavy atom. The predicted molar refractivity (Wildman–Crippen MR) is 102 cm³/mol. The first-order valence-electron chi connectivity index (χ1n) is 8.62. The van der Waals surface area contributed by atoms with Gasteiger partial charge in [0.15, 0.2) is 0 Å². The summed E-state index contributed by atoms with van der Waals surface area (Å²) in [4.78, 5) is 24.3. The first-order valence-corrected chi connectivity index (χ1v) is 8.62. The monoisotopic (exact) mass is 366 g/mol. The van der Waals surface area contributed by atoms with E-state index >= 15 is 0 Å². The van der Waals surface area contributed by atoms with Gasteiger partial charge in [0.25, 0.3) is 0 Å². The van der Waals surface area contributed by atoms with E-state index in [4.69, 9.17) is 9.47 Å². The minimum atomic E-state index is -0.415. The van der Waals surface area contributed by atoms with Crippen LogP contribution in [0.5, 0.6) is 0 Å². The van der Waals surface area contributed by atoms with E-state index in [1.54, 1.807) is 17.9 Å². The quantitative estimate of drug-likeness (QED) is 0.653. The number of hydrogen-bond donors (Lipinski definition) is 1. The lowest BCUT2D eigenvalue weighted by Gasteiger charge is -2.08. The van der Waals surface area contributed by atoms with Crippen molar-refractivity contribution < 1.29 is 19.1 Å². The van der Waals surface area contributed by atoms with Crippen molar-refractivity contribution in [1.82, 2.24) is 9.88 Å². The van der Waals surface area contributed by atoms with Crippen LogP contribution >= 0.6 is 0 Å². The second-order valence-electron chi connectivity index (χ2n) is 6.21. The zero-order chi connectivity index (χ0) is 19.2. The Bertz CT molecular complexity index is 944. The van der Waals surface area contributed by atoms with Crippen LogP contribution in [0.3, 0.4) is 0 Å². The summed E-state index contributed by atoms with van der Waals surface area (Å²) in [6, 6.07) is 15.3. The zero-order valence-electron chi connectivity index (χ0n) is 15.4. The Morgan fingerprint density at radius 1 is 1.00 bits per heavy atom. The molecule has 0 saturated heterocycles. The normalized spacial score (nSPS) is 10.7. The third kappa shape index (κ3) is 4.35. The molecule has 0 aliphatic carbocycles. The Balaban J connectivity index is 1.68. The summed E-state index contributed by atoms with van der Waals surface area (Å²) in [6.45, 7) is 1.13. The van der Waals surface area contributed by atoms with Gasteiger partial charge < -0.3 is 19.4 Å². The lowest BCUT2D eigenvalue weighted by Crippen LogP contribution is -2.26. The molecule has 0 aliphatic rings. The van der Waals surface area contributed by atoms with Crippen LogP contribution in [0.15, 0.2) is 54.7 Å². The Labute approximate surface area is 157 Å². The number of benzene rings is 2. The number of nitrogens with zero attached hydrogens (tertiary/aromatic N) is 1. The van der Waals surface area contributed by atoms with Crippen LogP contribution in [-0.4, -0.2) is 30.7 Å². The van der Waals surface area contributed by atoms with Crippen molar-refractivity contribution in [2.75, 3.05) is 14.2 Å². The maximum atomic E-state index is 12.4. The molecule has 0 atom stereocenters. The number of hydrogen-bond acceptors (Lipinski definition) is 4. The highest BCUT2D eigenvalue weighted by Gasteiger charge is 2.16. The molecule has 0 saturated carbocycles. The summed E-state index contributed by atoms with van der Waals surface area (Å²) < 4.78 is 11.7.